The van der Waals surface area contributed by atoms with Crippen LogP contribution in [0, 0.1) is 0 Å². The van der Waals surface area contributed by atoms with Crippen molar-refractivity contribution in [1.82, 2.24) is 10.1 Å². The SMILES string of the molecule is OC(COC1CCN(O)CC1)C(O)COC1CCN(O)CC1. The fourth-order valence-electron chi connectivity index (χ4n) is 2.71. The normalized spacial score (nSPS) is 26.2. The van der Waals surface area contributed by atoms with Gasteiger partial charge in [0.25, 0.3) is 0 Å². The Morgan fingerprint density at radius 1 is 0.727 bits per heavy atom. The Kier molecular flexibility index (Phi) is 7.45. The van der Waals surface area contributed by atoms with Gasteiger partial charge < -0.3 is 30.1 Å². The van der Waals surface area contributed by atoms with Crippen molar-refractivity contribution in [1.29, 1.82) is 0 Å². The van der Waals surface area contributed by atoms with Crippen molar-refractivity contribution in [3.8, 4) is 0 Å². The molecule has 0 spiro atoms. The molecule has 130 valence electrons. The van der Waals surface area contributed by atoms with Crippen molar-refractivity contribution in [2.45, 2.75) is 50.1 Å². The maximum atomic E-state index is 9.91. The number of nitrogens with zero attached hydrogens (tertiary/aromatic N) is 2. The Balaban J connectivity index is 1.57. The van der Waals surface area contributed by atoms with Gasteiger partial charge >= 0.3 is 0 Å². The van der Waals surface area contributed by atoms with Crippen molar-refractivity contribution in [3.05, 3.63) is 0 Å². The number of aliphatic hydroxyl groups is 2. The zero-order chi connectivity index (χ0) is 15.9. The Bertz CT molecular complexity index is 276. The van der Waals surface area contributed by atoms with Gasteiger partial charge in [0.2, 0.25) is 0 Å². The molecular formula is C14H28N2O6. The van der Waals surface area contributed by atoms with Gasteiger partial charge in [-0.05, 0) is 25.7 Å². The summed E-state index contributed by atoms with van der Waals surface area (Å²) in [6, 6.07) is 0. The first-order valence-corrected chi connectivity index (χ1v) is 8.01. The molecular weight excluding hydrogens is 292 g/mol. The van der Waals surface area contributed by atoms with Crippen molar-refractivity contribution in [2.75, 3.05) is 39.4 Å². The van der Waals surface area contributed by atoms with Gasteiger partial charge in [0.15, 0.2) is 0 Å². The number of hydrogen-bond donors (Lipinski definition) is 4. The smallest absolute Gasteiger partial charge is 0.105 e. The second-order valence-corrected chi connectivity index (χ2v) is 6.11. The molecule has 2 aliphatic rings. The summed E-state index contributed by atoms with van der Waals surface area (Å²) >= 11 is 0. The molecule has 2 fully saturated rings. The summed E-state index contributed by atoms with van der Waals surface area (Å²) < 4.78 is 11.2. The van der Waals surface area contributed by atoms with E-state index in [4.69, 9.17) is 9.47 Å². The van der Waals surface area contributed by atoms with E-state index in [1.165, 1.54) is 10.1 Å². The van der Waals surface area contributed by atoms with Crippen molar-refractivity contribution in [3.63, 3.8) is 0 Å². The third-order valence-electron chi connectivity index (χ3n) is 4.29. The molecule has 2 unspecified atom stereocenters. The molecule has 2 aliphatic heterocycles. The highest BCUT2D eigenvalue weighted by Gasteiger charge is 2.24. The molecule has 8 nitrogen and oxygen atoms in total. The minimum absolute atomic E-state index is 0.0139. The van der Waals surface area contributed by atoms with Crippen molar-refractivity contribution >= 4 is 0 Å². The average molecular weight is 320 g/mol. The van der Waals surface area contributed by atoms with Gasteiger partial charge in [-0.3, -0.25) is 0 Å². The lowest BCUT2D eigenvalue weighted by molar-refractivity contribution is -0.151. The molecule has 2 rings (SSSR count). The summed E-state index contributed by atoms with van der Waals surface area (Å²) in [5.41, 5.74) is 0. The van der Waals surface area contributed by atoms with E-state index >= 15 is 0 Å². The van der Waals surface area contributed by atoms with E-state index in [0.717, 1.165) is 25.7 Å². The standard InChI is InChI=1S/C14H28N2O6/c17-13(9-21-11-1-5-15(19)6-2-11)14(18)10-22-12-3-7-16(20)8-4-12/h11-14,17-20H,1-10H2. The molecule has 0 aliphatic carbocycles. The highest BCUT2D eigenvalue weighted by Crippen LogP contribution is 2.14. The summed E-state index contributed by atoms with van der Waals surface area (Å²) in [6.45, 7) is 2.39. The van der Waals surface area contributed by atoms with Gasteiger partial charge in [-0.25, -0.2) is 0 Å². The Hall–Kier alpha value is -0.320. The maximum absolute atomic E-state index is 9.91. The summed E-state index contributed by atoms with van der Waals surface area (Å²) in [6.07, 6.45) is 0.936. The van der Waals surface area contributed by atoms with Crippen molar-refractivity contribution in [2.24, 2.45) is 0 Å². The van der Waals surface area contributed by atoms with Crippen LogP contribution in [0.4, 0.5) is 0 Å². The molecule has 0 radical (unpaired) electrons. The second kappa shape index (κ2) is 9.09. The van der Waals surface area contributed by atoms with Crippen LogP contribution in [0.15, 0.2) is 0 Å². The third kappa shape index (κ3) is 6.05. The van der Waals surface area contributed by atoms with E-state index in [1.807, 2.05) is 0 Å². The van der Waals surface area contributed by atoms with Crippen LogP contribution in [0.2, 0.25) is 0 Å². The van der Waals surface area contributed by atoms with Crippen LogP contribution in [-0.2, 0) is 9.47 Å². The van der Waals surface area contributed by atoms with E-state index in [9.17, 15) is 20.6 Å². The second-order valence-electron chi connectivity index (χ2n) is 6.11. The molecule has 2 heterocycles. The lowest BCUT2D eigenvalue weighted by atomic mass is 10.1. The van der Waals surface area contributed by atoms with E-state index in [0.29, 0.717) is 26.2 Å². The maximum Gasteiger partial charge on any atom is 0.105 e. The summed E-state index contributed by atoms with van der Waals surface area (Å²) in [7, 11) is 0. The van der Waals surface area contributed by atoms with Crippen LogP contribution in [0.1, 0.15) is 25.7 Å². The van der Waals surface area contributed by atoms with Gasteiger partial charge in [0.1, 0.15) is 12.2 Å². The average Bonchev–Trinajstić information content (AvgIpc) is 2.53. The van der Waals surface area contributed by atoms with E-state index in [1.54, 1.807) is 0 Å². The van der Waals surface area contributed by atoms with Crippen molar-refractivity contribution < 1.29 is 30.1 Å². The molecule has 0 saturated carbocycles. The fourth-order valence-corrected chi connectivity index (χ4v) is 2.71. The lowest BCUT2D eigenvalue weighted by Gasteiger charge is -2.30. The topological polar surface area (TPSA) is 106 Å². The van der Waals surface area contributed by atoms with Crippen LogP contribution >= 0.6 is 0 Å². The molecule has 8 heteroatoms. The van der Waals surface area contributed by atoms with Gasteiger partial charge in [0, 0.05) is 26.2 Å². The molecule has 4 N–H and O–H groups in total. The quantitative estimate of drug-likeness (QED) is 0.495. The fraction of sp³-hybridized carbons (Fsp3) is 1.00. The largest absolute Gasteiger partial charge is 0.388 e. The highest BCUT2D eigenvalue weighted by molar-refractivity contribution is 4.73. The van der Waals surface area contributed by atoms with Crippen LogP contribution in [0.5, 0.6) is 0 Å². The number of piperidine rings is 2. The van der Waals surface area contributed by atoms with Gasteiger partial charge in [-0.1, -0.05) is 0 Å². The molecule has 22 heavy (non-hydrogen) atoms. The Labute approximate surface area is 130 Å². The molecule has 0 aromatic rings. The zero-order valence-electron chi connectivity index (χ0n) is 12.9. The molecule has 0 aromatic carbocycles. The predicted molar refractivity (Wildman–Crippen MR) is 76.7 cm³/mol. The molecule has 0 bridgehead atoms. The van der Waals surface area contributed by atoms with E-state index in [-0.39, 0.29) is 25.4 Å². The van der Waals surface area contributed by atoms with Gasteiger partial charge in [-0.2, -0.15) is 10.1 Å². The van der Waals surface area contributed by atoms with Crippen LogP contribution in [-0.4, -0.2) is 94.6 Å². The first-order chi connectivity index (χ1) is 10.5. The number of hydrogen-bond acceptors (Lipinski definition) is 8. The predicted octanol–water partition coefficient (Wildman–Crippen LogP) is -0.551. The zero-order valence-corrected chi connectivity index (χ0v) is 12.9. The first-order valence-electron chi connectivity index (χ1n) is 8.01. The summed E-state index contributed by atoms with van der Waals surface area (Å²) in [5, 5.41) is 40.9. The number of rotatable bonds is 7. The minimum Gasteiger partial charge on any atom is -0.388 e. The Morgan fingerprint density at radius 2 is 1.05 bits per heavy atom. The van der Waals surface area contributed by atoms with E-state index < -0.39 is 12.2 Å². The van der Waals surface area contributed by atoms with Crippen LogP contribution in [0.3, 0.4) is 0 Å². The van der Waals surface area contributed by atoms with Crippen LogP contribution in [0.25, 0.3) is 0 Å². The number of aliphatic hydroxyl groups excluding tert-OH is 2. The first kappa shape index (κ1) is 18.0. The molecule has 2 saturated heterocycles. The van der Waals surface area contributed by atoms with Gasteiger partial charge in [-0.15, -0.1) is 0 Å². The van der Waals surface area contributed by atoms with Crippen LogP contribution < -0.4 is 0 Å². The van der Waals surface area contributed by atoms with Gasteiger partial charge in [0.05, 0.1) is 25.4 Å². The monoisotopic (exact) mass is 320 g/mol. The molecule has 0 aromatic heterocycles. The molecule has 0 amide bonds. The number of hydroxylamine groups is 4. The molecule has 2 atom stereocenters. The summed E-state index contributed by atoms with van der Waals surface area (Å²) in [5.74, 6) is 0. The van der Waals surface area contributed by atoms with E-state index in [2.05, 4.69) is 0 Å². The minimum atomic E-state index is -0.981. The summed E-state index contributed by atoms with van der Waals surface area (Å²) in [4.78, 5) is 0. The third-order valence-corrected chi connectivity index (χ3v) is 4.29. The lowest BCUT2D eigenvalue weighted by Crippen LogP contribution is -2.41. The Morgan fingerprint density at radius 3 is 1.36 bits per heavy atom. The highest BCUT2D eigenvalue weighted by atomic mass is 16.5. The number of ether oxygens (including phenoxy) is 2.